The summed E-state index contributed by atoms with van der Waals surface area (Å²) >= 11 is 0. The number of urea groups is 1. The fourth-order valence-corrected chi connectivity index (χ4v) is 2.90. The first-order valence-electron chi connectivity index (χ1n) is 7.61. The Morgan fingerprint density at radius 2 is 1.91 bits per heavy atom. The van der Waals surface area contributed by atoms with Gasteiger partial charge in [0.25, 0.3) is 0 Å². The van der Waals surface area contributed by atoms with Crippen LogP contribution in [0, 0.1) is 11.3 Å². The third-order valence-corrected chi connectivity index (χ3v) is 4.08. The number of para-hydroxylation sites is 1. The molecule has 6 nitrogen and oxygen atoms in total. The van der Waals surface area contributed by atoms with Crippen LogP contribution in [0.15, 0.2) is 30.3 Å². The maximum Gasteiger partial charge on any atom is 0.319 e. The molecule has 0 saturated carbocycles. The fraction of sp³-hybridized carbons (Fsp3) is 0.353. The van der Waals surface area contributed by atoms with Crippen molar-refractivity contribution in [3.8, 4) is 6.07 Å². The van der Waals surface area contributed by atoms with Gasteiger partial charge < -0.3 is 14.7 Å². The van der Waals surface area contributed by atoms with Crippen LogP contribution in [0.5, 0.6) is 0 Å². The van der Waals surface area contributed by atoms with Crippen LogP contribution in [0.3, 0.4) is 0 Å². The van der Waals surface area contributed by atoms with Crippen molar-refractivity contribution in [2.24, 2.45) is 0 Å². The van der Waals surface area contributed by atoms with E-state index in [4.69, 9.17) is 0 Å². The predicted octanol–water partition coefficient (Wildman–Crippen LogP) is 1.91. The van der Waals surface area contributed by atoms with Gasteiger partial charge in [0.2, 0.25) is 0 Å². The number of fused-ring (bicyclic) bond motifs is 1. The van der Waals surface area contributed by atoms with E-state index in [1.165, 1.54) is 0 Å². The summed E-state index contributed by atoms with van der Waals surface area (Å²) in [4.78, 5) is 22.1. The lowest BCUT2D eigenvalue weighted by Crippen LogP contribution is -2.51. The number of nitriles is 1. The summed E-state index contributed by atoms with van der Waals surface area (Å²) in [6, 6.07) is 11.9. The zero-order valence-electron chi connectivity index (χ0n) is 13.4. The number of hydrogen-bond donors (Lipinski definition) is 0. The number of carbonyl (C=O) groups excluding carboxylic acids is 1. The van der Waals surface area contributed by atoms with Gasteiger partial charge >= 0.3 is 6.03 Å². The van der Waals surface area contributed by atoms with Crippen molar-refractivity contribution in [2.45, 2.75) is 0 Å². The van der Waals surface area contributed by atoms with Gasteiger partial charge in [-0.2, -0.15) is 5.26 Å². The van der Waals surface area contributed by atoms with E-state index in [2.05, 4.69) is 16.0 Å². The molecule has 0 N–H and O–H groups in total. The van der Waals surface area contributed by atoms with Crippen molar-refractivity contribution in [1.82, 2.24) is 14.8 Å². The fourth-order valence-electron chi connectivity index (χ4n) is 2.90. The van der Waals surface area contributed by atoms with Crippen LogP contribution in [0.1, 0.15) is 5.69 Å². The lowest BCUT2D eigenvalue weighted by Gasteiger charge is -2.37. The summed E-state index contributed by atoms with van der Waals surface area (Å²) in [7, 11) is 3.54. The minimum absolute atomic E-state index is 0.0435. The number of pyridine rings is 1. The second kappa shape index (κ2) is 6.13. The highest BCUT2D eigenvalue weighted by Gasteiger charge is 2.23. The third kappa shape index (κ3) is 2.90. The second-order valence-corrected chi connectivity index (χ2v) is 5.81. The molecule has 2 amide bonds. The maximum atomic E-state index is 12.0. The number of hydrogen-bond acceptors (Lipinski definition) is 4. The molecule has 0 unspecified atom stereocenters. The highest BCUT2D eigenvalue weighted by Crippen LogP contribution is 2.27. The Bertz CT molecular complexity index is 772. The number of aromatic nitrogens is 1. The Labute approximate surface area is 135 Å². The molecule has 0 radical (unpaired) electrons. The Morgan fingerprint density at radius 3 is 2.57 bits per heavy atom. The van der Waals surface area contributed by atoms with Gasteiger partial charge in [0.15, 0.2) is 0 Å². The smallest absolute Gasteiger partial charge is 0.319 e. The summed E-state index contributed by atoms with van der Waals surface area (Å²) in [6.07, 6.45) is 0. The summed E-state index contributed by atoms with van der Waals surface area (Å²) in [5, 5.41) is 10.2. The normalized spacial score (nSPS) is 14.7. The van der Waals surface area contributed by atoms with Gasteiger partial charge in [0.05, 0.1) is 5.52 Å². The number of amides is 2. The molecule has 2 aromatic rings. The van der Waals surface area contributed by atoms with E-state index in [-0.39, 0.29) is 6.03 Å². The standard InChI is InChI=1S/C17H19N5O/c1-20(2)17(23)22-9-7-21(8-10-22)16-11-13(12-18)19-15-6-4-3-5-14(15)16/h3-6,11H,7-10H2,1-2H3. The minimum atomic E-state index is 0.0435. The van der Waals surface area contributed by atoms with Crippen molar-refractivity contribution >= 4 is 22.6 Å². The van der Waals surface area contributed by atoms with Crippen LogP contribution < -0.4 is 4.90 Å². The molecule has 1 aliphatic heterocycles. The van der Waals surface area contributed by atoms with Crippen LogP contribution in [-0.2, 0) is 0 Å². The Kier molecular flexibility index (Phi) is 4.02. The molecule has 1 aromatic carbocycles. The lowest BCUT2D eigenvalue weighted by molar-refractivity contribution is 0.168. The number of nitrogens with zero attached hydrogens (tertiary/aromatic N) is 5. The molecule has 118 valence electrons. The molecule has 0 bridgehead atoms. The molecule has 3 rings (SSSR count). The maximum absolute atomic E-state index is 12.0. The minimum Gasteiger partial charge on any atom is -0.367 e. The average Bonchev–Trinajstić information content (AvgIpc) is 2.60. The number of anilines is 1. The molecule has 0 spiro atoms. The molecule has 1 saturated heterocycles. The first-order chi connectivity index (χ1) is 11.1. The van der Waals surface area contributed by atoms with Crippen molar-refractivity contribution in [3.63, 3.8) is 0 Å². The number of piperazine rings is 1. The molecule has 1 aromatic heterocycles. The number of rotatable bonds is 1. The van der Waals surface area contributed by atoms with E-state index < -0.39 is 0 Å². The number of benzene rings is 1. The van der Waals surface area contributed by atoms with Crippen molar-refractivity contribution in [1.29, 1.82) is 5.26 Å². The molecular weight excluding hydrogens is 290 g/mol. The first-order valence-corrected chi connectivity index (χ1v) is 7.61. The third-order valence-electron chi connectivity index (χ3n) is 4.08. The SMILES string of the molecule is CN(C)C(=O)N1CCN(c2cc(C#N)nc3ccccc23)CC1. The first kappa shape index (κ1) is 15.1. The van der Waals surface area contributed by atoms with Crippen LogP contribution in [0.25, 0.3) is 10.9 Å². The van der Waals surface area contributed by atoms with Gasteiger partial charge in [-0.05, 0) is 12.1 Å². The van der Waals surface area contributed by atoms with Crippen molar-refractivity contribution in [3.05, 3.63) is 36.0 Å². The van der Waals surface area contributed by atoms with E-state index >= 15 is 0 Å². The van der Waals surface area contributed by atoms with Crippen LogP contribution in [0.2, 0.25) is 0 Å². The molecule has 6 heteroatoms. The molecular formula is C17H19N5O. The Morgan fingerprint density at radius 1 is 1.22 bits per heavy atom. The van der Waals surface area contributed by atoms with Gasteiger partial charge in [-0.3, -0.25) is 0 Å². The zero-order valence-corrected chi connectivity index (χ0v) is 13.4. The summed E-state index contributed by atoms with van der Waals surface area (Å²) in [5.41, 5.74) is 2.27. The molecule has 1 fully saturated rings. The Balaban J connectivity index is 1.88. The van der Waals surface area contributed by atoms with Gasteiger partial charge in [0, 0.05) is 51.3 Å². The van der Waals surface area contributed by atoms with Crippen molar-refractivity contribution < 1.29 is 4.79 Å². The summed E-state index contributed by atoms with van der Waals surface area (Å²) in [6.45, 7) is 2.85. The largest absolute Gasteiger partial charge is 0.367 e. The van der Waals surface area contributed by atoms with E-state index in [9.17, 15) is 10.1 Å². The highest BCUT2D eigenvalue weighted by atomic mass is 16.2. The van der Waals surface area contributed by atoms with Crippen LogP contribution >= 0.6 is 0 Å². The van der Waals surface area contributed by atoms with Gasteiger partial charge in [-0.25, -0.2) is 9.78 Å². The van der Waals surface area contributed by atoms with Gasteiger partial charge in [-0.1, -0.05) is 18.2 Å². The average molecular weight is 309 g/mol. The molecule has 23 heavy (non-hydrogen) atoms. The zero-order chi connectivity index (χ0) is 16.4. The van der Waals surface area contributed by atoms with E-state index in [0.717, 1.165) is 29.7 Å². The molecule has 0 atom stereocenters. The monoisotopic (exact) mass is 309 g/mol. The summed E-state index contributed by atoms with van der Waals surface area (Å²) in [5.74, 6) is 0. The van der Waals surface area contributed by atoms with E-state index in [0.29, 0.717) is 18.8 Å². The Hall–Kier alpha value is -2.81. The van der Waals surface area contributed by atoms with Gasteiger partial charge in [0.1, 0.15) is 11.8 Å². The van der Waals surface area contributed by atoms with Gasteiger partial charge in [-0.15, -0.1) is 0 Å². The molecule has 2 heterocycles. The van der Waals surface area contributed by atoms with Crippen LogP contribution in [-0.4, -0.2) is 61.1 Å². The molecule has 1 aliphatic rings. The molecule has 0 aliphatic carbocycles. The highest BCUT2D eigenvalue weighted by molar-refractivity contribution is 5.92. The van der Waals surface area contributed by atoms with Crippen LogP contribution in [0.4, 0.5) is 10.5 Å². The topological polar surface area (TPSA) is 63.5 Å². The second-order valence-electron chi connectivity index (χ2n) is 5.81. The quantitative estimate of drug-likeness (QED) is 0.807. The van der Waals surface area contributed by atoms with E-state index in [1.807, 2.05) is 35.2 Å². The van der Waals surface area contributed by atoms with Crippen molar-refractivity contribution in [2.75, 3.05) is 45.2 Å². The predicted molar refractivity (Wildman–Crippen MR) is 89.3 cm³/mol. The summed E-state index contributed by atoms with van der Waals surface area (Å²) < 4.78 is 0. The number of carbonyl (C=O) groups is 1. The van der Waals surface area contributed by atoms with E-state index in [1.54, 1.807) is 19.0 Å². The lowest BCUT2D eigenvalue weighted by atomic mass is 10.1.